The third-order valence-electron chi connectivity index (χ3n) is 2.91. The number of benzene rings is 1. The van der Waals surface area contributed by atoms with Crippen molar-refractivity contribution in [2.24, 2.45) is 0 Å². The van der Waals surface area contributed by atoms with Gasteiger partial charge >= 0.3 is 0 Å². The highest BCUT2D eigenvalue weighted by atomic mass is 16.5. The monoisotopic (exact) mass is 254 g/mol. The van der Waals surface area contributed by atoms with Gasteiger partial charge in [-0.2, -0.15) is 0 Å². The number of pyridine rings is 1. The van der Waals surface area contributed by atoms with Gasteiger partial charge in [0.2, 0.25) is 0 Å². The van der Waals surface area contributed by atoms with Crippen LogP contribution in [0.5, 0.6) is 0 Å². The zero-order chi connectivity index (χ0) is 13.2. The molecular weight excluding hydrogens is 240 g/mol. The molecule has 19 heavy (non-hydrogen) atoms. The van der Waals surface area contributed by atoms with E-state index in [1.165, 1.54) is 0 Å². The van der Waals surface area contributed by atoms with Gasteiger partial charge in [-0.3, -0.25) is 4.98 Å². The van der Waals surface area contributed by atoms with E-state index in [0.29, 0.717) is 6.54 Å². The number of nitrogens with one attached hydrogen (secondary N) is 1. The molecule has 3 N–H and O–H groups in total. The van der Waals surface area contributed by atoms with Gasteiger partial charge < -0.3 is 15.6 Å². The van der Waals surface area contributed by atoms with Crippen LogP contribution < -0.4 is 11.1 Å². The molecule has 5 nitrogen and oxygen atoms in total. The number of fused-ring (bicyclic) bond motifs is 1. The minimum atomic E-state index is 0.601. The number of nitrogen functional groups attached to an aromatic ring is 1. The predicted molar refractivity (Wildman–Crippen MR) is 74.7 cm³/mol. The number of nitrogens with two attached hydrogens (primary N) is 1. The molecule has 5 heteroatoms. The normalized spacial score (nSPS) is 10.8. The van der Waals surface area contributed by atoms with Crippen LogP contribution in [0.15, 0.2) is 41.1 Å². The van der Waals surface area contributed by atoms with Gasteiger partial charge in [0.15, 0.2) is 0 Å². The van der Waals surface area contributed by atoms with Crippen LogP contribution >= 0.6 is 0 Å². The topological polar surface area (TPSA) is 77.0 Å². The quantitative estimate of drug-likeness (QED) is 0.703. The summed E-state index contributed by atoms with van der Waals surface area (Å²) in [5.74, 6) is 0. The van der Waals surface area contributed by atoms with Crippen molar-refractivity contribution < 1.29 is 4.52 Å². The molecule has 0 saturated carbocycles. The van der Waals surface area contributed by atoms with Gasteiger partial charge in [-0.1, -0.05) is 5.16 Å². The smallest absolute Gasteiger partial charge is 0.124 e. The number of nitrogens with zero attached hydrogens (tertiary/aromatic N) is 2. The minimum absolute atomic E-state index is 0.601. The first-order chi connectivity index (χ1) is 9.22. The molecule has 0 atom stereocenters. The van der Waals surface area contributed by atoms with Crippen LogP contribution in [0.3, 0.4) is 0 Å². The average Bonchev–Trinajstić information content (AvgIpc) is 2.89. The Balaban J connectivity index is 1.99. The molecule has 0 radical (unpaired) electrons. The standard InChI is InChI=1S/C14H14N4O/c1-9-6-14(16-8-11-4-5-19-18-11)12-7-10(15)2-3-13(12)17-9/h2-7H,8,15H2,1H3,(H,16,17). The summed E-state index contributed by atoms with van der Waals surface area (Å²) in [6.07, 6.45) is 1.56. The van der Waals surface area contributed by atoms with Gasteiger partial charge in [-0.05, 0) is 31.2 Å². The fourth-order valence-electron chi connectivity index (χ4n) is 2.04. The molecule has 3 aromatic rings. The Morgan fingerprint density at radius 3 is 2.95 bits per heavy atom. The summed E-state index contributed by atoms with van der Waals surface area (Å²) < 4.78 is 4.81. The second-order valence-electron chi connectivity index (χ2n) is 4.43. The van der Waals surface area contributed by atoms with Gasteiger partial charge in [-0.25, -0.2) is 0 Å². The van der Waals surface area contributed by atoms with Crippen molar-refractivity contribution >= 4 is 22.3 Å². The molecule has 0 aliphatic rings. The van der Waals surface area contributed by atoms with E-state index in [4.69, 9.17) is 10.3 Å². The van der Waals surface area contributed by atoms with Crippen molar-refractivity contribution in [3.8, 4) is 0 Å². The lowest BCUT2D eigenvalue weighted by Crippen LogP contribution is -2.01. The Morgan fingerprint density at radius 2 is 2.16 bits per heavy atom. The van der Waals surface area contributed by atoms with Crippen molar-refractivity contribution in [2.45, 2.75) is 13.5 Å². The number of hydrogen-bond donors (Lipinski definition) is 2. The van der Waals surface area contributed by atoms with Gasteiger partial charge in [0.25, 0.3) is 0 Å². The zero-order valence-corrected chi connectivity index (χ0v) is 10.6. The highest BCUT2D eigenvalue weighted by Crippen LogP contribution is 2.25. The van der Waals surface area contributed by atoms with E-state index in [2.05, 4.69) is 15.5 Å². The molecule has 0 aliphatic heterocycles. The average molecular weight is 254 g/mol. The molecule has 0 saturated heterocycles. The second kappa shape index (κ2) is 4.61. The lowest BCUT2D eigenvalue weighted by atomic mass is 10.1. The molecule has 0 fully saturated rings. The third-order valence-corrected chi connectivity index (χ3v) is 2.91. The molecule has 0 aliphatic carbocycles. The molecule has 2 aromatic heterocycles. The molecule has 2 heterocycles. The first kappa shape index (κ1) is 11.5. The van der Waals surface area contributed by atoms with Crippen LogP contribution in [0.25, 0.3) is 10.9 Å². The predicted octanol–water partition coefficient (Wildman–Crippen LogP) is 2.73. The molecule has 0 spiro atoms. The summed E-state index contributed by atoms with van der Waals surface area (Å²) in [5.41, 5.74) is 10.3. The van der Waals surface area contributed by atoms with Crippen LogP contribution in [0, 0.1) is 6.92 Å². The lowest BCUT2D eigenvalue weighted by molar-refractivity contribution is 0.412. The zero-order valence-electron chi connectivity index (χ0n) is 10.6. The van der Waals surface area contributed by atoms with E-state index >= 15 is 0 Å². The molecular formula is C14H14N4O. The van der Waals surface area contributed by atoms with Crippen LogP contribution in [0.2, 0.25) is 0 Å². The van der Waals surface area contributed by atoms with Crippen molar-refractivity contribution in [1.82, 2.24) is 10.1 Å². The third kappa shape index (κ3) is 2.35. The fraction of sp³-hybridized carbons (Fsp3) is 0.143. The molecule has 1 aromatic carbocycles. The number of aryl methyl sites for hydroxylation is 1. The Morgan fingerprint density at radius 1 is 1.26 bits per heavy atom. The first-order valence-electron chi connectivity index (χ1n) is 6.02. The molecule has 0 amide bonds. The Labute approximate surface area is 110 Å². The SMILES string of the molecule is Cc1cc(NCc2ccon2)c2cc(N)ccc2n1. The minimum Gasteiger partial charge on any atom is -0.399 e. The van der Waals surface area contributed by atoms with E-state index in [-0.39, 0.29) is 0 Å². The highest BCUT2D eigenvalue weighted by molar-refractivity contribution is 5.93. The Bertz CT molecular complexity index is 707. The van der Waals surface area contributed by atoms with Crippen LogP contribution in [-0.2, 0) is 6.54 Å². The molecule has 3 rings (SSSR count). The van der Waals surface area contributed by atoms with Crippen molar-refractivity contribution in [2.75, 3.05) is 11.1 Å². The van der Waals surface area contributed by atoms with Gasteiger partial charge in [0, 0.05) is 28.5 Å². The lowest BCUT2D eigenvalue weighted by Gasteiger charge is -2.10. The van der Waals surface area contributed by atoms with Gasteiger partial charge in [0.05, 0.1) is 12.1 Å². The first-order valence-corrected chi connectivity index (χ1v) is 6.02. The largest absolute Gasteiger partial charge is 0.399 e. The fourth-order valence-corrected chi connectivity index (χ4v) is 2.04. The van der Waals surface area contributed by atoms with Crippen molar-refractivity contribution in [3.63, 3.8) is 0 Å². The van der Waals surface area contributed by atoms with Crippen LogP contribution in [-0.4, -0.2) is 10.1 Å². The second-order valence-corrected chi connectivity index (χ2v) is 4.43. The van der Waals surface area contributed by atoms with Crippen LogP contribution in [0.4, 0.5) is 11.4 Å². The summed E-state index contributed by atoms with van der Waals surface area (Å²) in [7, 11) is 0. The Hall–Kier alpha value is -2.56. The maximum atomic E-state index is 5.84. The van der Waals surface area contributed by atoms with E-state index in [9.17, 15) is 0 Å². The van der Waals surface area contributed by atoms with Gasteiger partial charge in [0.1, 0.15) is 12.0 Å². The number of rotatable bonds is 3. The molecule has 0 bridgehead atoms. The van der Waals surface area contributed by atoms with E-state index in [1.54, 1.807) is 6.26 Å². The summed E-state index contributed by atoms with van der Waals surface area (Å²) in [5, 5.41) is 8.22. The highest BCUT2D eigenvalue weighted by Gasteiger charge is 2.05. The van der Waals surface area contributed by atoms with Crippen LogP contribution in [0.1, 0.15) is 11.4 Å². The van der Waals surface area contributed by atoms with Crippen molar-refractivity contribution in [3.05, 3.63) is 48.0 Å². The maximum absolute atomic E-state index is 5.84. The van der Waals surface area contributed by atoms with E-state index < -0.39 is 0 Å². The van der Waals surface area contributed by atoms with Crippen molar-refractivity contribution in [1.29, 1.82) is 0 Å². The number of anilines is 2. The maximum Gasteiger partial charge on any atom is 0.124 e. The van der Waals surface area contributed by atoms with E-state index in [1.807, 2.05) is 37.3 Å². The summed E-state index contributed by atoms with van der Waals surface area (Å²) >= 11 is 0. The molecule has 0 unspecified atom stereocenters. The summed E-state index contributed by atoms with van der Waals surface area (Å²) in [6.45, 7) is 2.57. The summed E-state index contributed by atoms with van der Waals surface area (Å²) in [6, 6.07) is 9.54. The van der Waals surface area contributed by atoms with Gasteiger partial charge in [-0.15, -0.1) is 0 Å². The number of aromatic nitrogens is 2. The summed E-state index contributed by atoms with van der Waals surface area (Å²) in [4.78, 5) is 4.49. The Kier molecular flexibility index (Phi) is 2.79. The number of hydrogen-bond acceptors (Lipinski definition) is 5. The van der Waals surface area contributed by atoms with E-state index in [0.717, 1.165) is 33.7 Å². The molecule has 96 valence electrons.